The molecule has 0 aromatic heterocycles. The van der Waals surface area contributed by atoms with Crippen LogP contribution in [0.15, 0.2) is 24.3 Å². The van der Waals surface area contributed by atoms with E-state index in [9.17, 15) is 9.59 Å². The maximum Gasteiger partial charge on any atom is 0.321 e. The van der Waals surface area contributed by atoms with E-state index in [0.29, 0.717) is 24.3 Å². The van der Waals surface area contributed by atoms with Crippen LogP contribution < -0.4 is 16.4 Å². The van der Waals surface area contributed by atoms with Crippen LogP contribution in [0.5, 0.6) is 0 Å². The van der Waals surface area contributed by atoms with Gasteiger partial charge in [0.15, 0.2) is 0 Å². The summed E-state index contributed by atoms with van der Waals surface area (Å²) in [5.41, 5.74) is 6.75. The smallest absolute Gasteiger partial charge is 0.321 e. The zero-order chi connectivity index (χ0) is 17.2. The summed E-state index contributed by atoms with van der Waals surface area (Å²) >= 11 is 0. The Morgan fingerprint density at radius 3 is 2.25 bits per heavy atom. The zero-order valence-electron chi connectivity index (χ0n) is 14.2. The van der Waals surface area contributed by atoms with Gasteiger partial charge in [-0.05, 0) is 44.4 Å². The summed E-state index contributed by atoms with van der Waals surface area (Å²) in [5.74, 6) is -0.0226. The number of carbonyl (C=O) groups excluding carboxylic acids is 2. The van der Waals surface area contributed by atoms with Crippen LogP contribution in [0.3, 0.4) is 0 Å². The standard InChI is InChI=1S/C18H28N4O2/c19-12-6-2-1-3-11-17(23)20-15-9-4-5-10-16(15)21-18(24)22-13-7-8-14-22/h4-5,9-10H,1-3,6-8,11-14,19H2,(H,20,23)(H,21,24). The molecule has 24 heavy (non-hydrogen) atoms. The van der Waals surface area contributed by atoms with E-state index in [-0.39, 0.29) is 11.9 Å². The molecule has 1 aliphatic heterocycles. The molecule has 132 valence electrons. The van der Waals surface area contributed by atoms with Gasteiger partial charge in [-0.2, -0.15) is 0 Å². The van der Waals surface area contributed by atoms with E-state index in [2.05, 4.69) is 10.6 Å². The zero-order valence-corrected chi connectivity index (χ0v) is 14.2. The van der Waals surface area contributed by atoms with E-state index in [4.69, 9.17) is 5.73 Å². The Morgan fingerprint density at radius 2 is 1.58 bits per heavy atom. The minimum atomic E-state index is -0.101. The molecule has 0 radical (unpaired) electrons. The molecule has 0 bridgehead atoms. The van der Waals surface area contributed by atoms with Gasteiger partial charge in [-0.15, -0.1) is 0 Å². The molecule has 0 atom stereocenters. The van der Waals surface area contributed by atoms with Crippen molar-refractivity contribution >= 4 is 23.3 Å². The number of nitrogens with zero attached hydrogens (tertiary/aromatic N) is 1. The number of likely N-dealkylation sites (tertiary alicyclic amines) is 1. The molecule has 1 aromatic carbocycles. The number of hydrogen-bond acceptors (Lipinski definition) is 3. The minimum absolute atomic E-state index is 0.0226. The Balaban J connectivity index is 1.84. The van der Waals surface area contributed by atoms with Crippen molar-refractivity contribution in [2.75, 3.05) is 30.3 Å². The first-order valence-corrected chi connectivity index (χ1v) is 8.85. The van der Waals surface area contributed by atoms with Crippen molar-refractivity contribution in [1.29, 1.82) is 0 Å². The van der Waals surface area contributed by atoms with Crippen LogP contribution in [-0.4, -0.2) is 36.5 Å². The number of amides is 3. The molecule has 0 aliphatic carbocycles. The summed E-state index contributed by atoms with van der Waals surface area (Å²) in [6.07, 6.45) is 6.52. The SMILES string of the molecule is NCCCCCCC(=O)Nc1ccccc1NC(=O)N1CCCC1. The van der Waals surface area contributed by atoms with Gasteiger partial charge in [0.25, 0.3) is 0 Å². The van der Waals surface area contributed by atoms with Crippen LogP contribution in [0.1, 0.15) is 44.9 Å². The maximum atomic E-state index is 12.2. The van der Waals surface area contributed by atoms with Crippen LogP contribution in [0, 0.1) is 0 Å². The largest absolute Gasteiger partial charge is 0.330 e. The van der Waals surface area contributed by atoms with Gasteiger partial charge < -0.3 is 21.3 Å². The average molecular weight is 332 g/mol. The number of benzene rings is 1. The molecule has 0 saturated carbocycles. The third kappa shape index (κ3) is 5.85. The van der Waals surface area contributed by atoms with Crippen molar-refractivity contribution in [2.45, 2.75) is 44.9 Å². The first kappa shape index (κ1) is 18.3. The lowest BCUT2D eigenvalue weighted by Crippen LogP contribution is -2.32. The Morgan fingerprint density at radius 1 is 0.958 bits per heavy atom. The number of nitrogens with one attached hydrogen (secondary N) is 2. The van der Waals surface area contributed by atoms with E-state index in [1.807, 2.05) is 24.3 Å². The molecule has 1 saturated heterocycles. The second-order valence-electron chi connectivity index (χ2n) is 6.17. The first-order valence-electron chi connectivity index (χ1n) is 8.85. The molecular formula is C18H28N4O2. The molecule has 6 heteroatoms. The van der Waals surface area contributed by atoms with Crippen molar-refractivity contribution < 1.29 is 9.59 Å². The highest BCUT2D eigenvalue weighted by Gasteiger charge is 2.18. The number of rotatable bonds is 8. The van der Waals surface area contributed by atoms with E-state index in [0.717, 1.165) is 51.6 Å². The van der Waals surface area contributed by atoms with Crippen molar-refractivity contribution in [3.63, 3.8) is 0 Å². The van der Waals surface area contributed by atoms with Gasteiger partial charge in [0.05, 0.1) is 11.4 Å². The summed E-state index contributed by atoms with van der Waals surface area (Å²) in [5, 5.41) is 5.80. The quantitative estimate of drug-likeness (QED) is 0.639. The summed E-state index contributed by atoms with van der Waals surface area (Å²) in [7, 11) is 0. The summed E-state index contributed by atoms with van der Waals surface area (Å²) in [6.45, 7) is 2.29. The highest BCUT2D eigenvalue weighted by atomic mass is 16.2. The number of hydrogen-bond donors (Lipinski definition) is 3. The predicted molar refractivity (Wildman–Crippen MR) is 97.0 cm³/mol. The van der Waals surface area contributed by atoms with Gasteiger partial charge in [-0.1, -0.05) is 25.0 Å². The number of nitrogens with two attached hydrogens (primary N) is 1. The maximum absolute atomic E-state index is 12.2. The number of para-hydroxylation sites is 2. The van der Waals surface area contributed by atoms with Gasteiger partial charge in [0.1, 0.15) is 0 Å². The molecule has 0 spiro atoms. The lowest BCUT2D eigenvalue weighted by molar-refractivity contribution is -0.116. The van der Waals surface area contributed by atoms with Gasteiger partial charge in [-0.25, -0.2) is 4.79 Å². The van der Waals surface area contributed by atoms with Crippen LogP contribution in [0.4, 0.5) is 16.2 Å². The van der Waals surface area contributed by atoms with Crippen molar-refractivity contribution in [3.05, 3.63) is 24.3 Å². The number of urea groups is 1. The Labute approximate surface area is 143 Å². The second kappa shape index (κ2) is 9.93. The lowest BCUT2D eigenvalue weighted by atomic mass is 10.1. The van der Waals surface area contributed by atoms with Gasteiger partial charge in [0.2, 0.25) is 5.91 Å². The van der Waals surface area contributed by atoms with Gasteiger partial charge in [-0.3, -0.25) is 4.79 Å². The molecule has 1 aliphatic rings. The molecular weight excluding hydrogens is 304 g/mol. The summed E-state index contributed by atoms with van der Waals surface area (Å²) in [4.78, 5) is 26.1. The topological polar surface area (TPSA) is 87.5 Å². The van der Waals surface area contributed by atoms with E-state index in [1.54, 1.807) is 4.90 Å². The summed E-state index contributed by atoms with van der Waals surface area (Å²) in [6, 6.07) is 7.22. The Kier molecular flexibility index (Phi) is 7.55. The van der Waals surface area contributed by atoms with Crippen LogP contribution in [-0.2, 0) is 4.79 Å². The van der Waals surface area contributed by atoms with Crippen molar-refractivity contribution in [3.8, 4) is 0 Å². The number of anilines is 2. The van der Waals surface area contributed by atoms with Crippen molar-refractivity contribution in [1.82, 2.24) is 4.90 Å². The molecule has 3 amide bonds. The highest BCUT2D eigenvalue weighted by Crippen LogP contribution is 2.22. The fourth-order valence-corrected chi connectivity index (χ4v) is 2.81. The van der Waals surface area contributed by atoms with E-state index < -0.39 is 0 Å². The Bertz CT molecular complexity index is 542. The fourth-order valence-electron chi connectivity index (χ4n) is 2.81. The fraction of sp³-hybridized carbons (Fsp3) is 0.556. The summed E-state index contributed by atoms with van der Waals surface area (Å²) < 4.78 is 0. The van der Waals surface area contributed by atoms with Gasteiger partial charge in [0, 0.05) is 19.5 Å². The first-order chi connectivity index (χ1) is 11.7. The third-order valence-electron chi connectivity index (χ3n) is 4.19. The van der Waals surface area contributed by atoms with Crippen LogP contribution in [0.2, 0.25) is 0 Å². The molecule has 6 nitrogen and oxygen atoms in total. The average Bonchev–Trinajstić information content (AvgIpc) is 3.11. The molecule has 1 heterocycles. The van der Waals surface area contributed by atoms with Crippen molar-refractivity contribution in [2.24, 2.45) is 5.73 Å². The minimum Gasteiger partial charge on any atom is -0.330 e. The second-order valence-corrected chi connectivity index (χ2v) is 6.17. The Hall–Kier alpha value is -2.08. The molecule has 1 fully saturated rings. The monoisotopic (exact) mass is 332 g/mol. The molecule has 2 rings (SSSR count). The predicted octanol–water partition coefficient (Wildman–Crippen LogP) is 3.16. The highest BCUT2D eigenvalue weighted by molar-refractivity contribution is 5.99. The normalized spacial score (nSPS) is 13.8. The molecule has 1 aromatic rings. The van der Waals surface area contributed by atoms with Crippen LogP contribution >= 0.6 is 0 Å². The molecule has 4 N–H and O–H groups in total. The number of carbonyl (C=O) groups is 2. The van der Waals surface area contributed by atoms with Crippen LogP contribution in [0.25, 0.3) is 0 Å². The van der Waals surface area contributed by atoms with E-state index in [1.165, 1.54) is 0 Å². The molecule has 0 unspecified atom stereocenters. The lowest BCUT2D eigenvalue weighted by Gasteiger charge is -2.18. The number of unbranched alkanes of at least 4 members (excludes halogenated alkanes) is 3. The third-order valence-corrected chi connectivity index (χ3v) is 4.19. The van der Waals surface area contributed by atoms with Gasteiger partial charge >= 0.3 is 6.03 Å². The van der Waals surface area contributed by atoms with E-state index >= 15 is 0 Å².